The summed E-state index contributed by atoms with van der Waals surface area (Å²) in [6.45, 7) is 0. The zero-order valence-corrected chi connectivity index (χ0v) is 14.6. The molecule has 23 heavy (non-hydrogen) atoms. The molecule has 2 aromatic heterocycles. The van der Waals surface area contributed by atoms with Gasteiger partial charge in [-0.05, 0) is 58.2 Å². The summed E-state index contributed by atoms with van der Waals surface area (Å²) in [5, 5.41) is 15.3. The van der Waals surface area contributed by atoms with Crippen molar-refractivity contribution >= 4 is 27.4 Å². The zero-order chi connectivity index (χ0) is 16.0. The molecule has 0 saturated heterocycles. The number of fused-ring (bicyclic) bond motifs is 3. The molecule has 1 saturated carbocycles. The Bertz CT molecular complexity index is 714. The number of aromatic nitrogens is 2. The van der Waals surface area contributed by atoms with Gasteiger partial charge in [-0.2, -0.15) is 0 Å². The minimum absolute atomic E-state index is 0.0845. The number of nitrogens with one attached hydrogen (secondary N) is 1. The first kappa shape index (κ1) is 15.3. The number of hydrogen-bond acceptors (Lipinski definition) is 6. The minimum Gasteiger partial charge on any atom is -0.391 e. The van der Waals surface area contributed by atoms with Crippen molar-refractivity contribution in [3.8, 4) is 0 Å². The van der Waals surface area contributed by atoms with Gasteiger partial charge in [0.05, 0.1) is 17.5 Å². The highest BCUT2D eigenvalue weighted by Gasteiger charge is 2.31. The normalized spacial score (nSPS) is 27.6. The number of anilines is 1. The molecule has 0 bridgehead atoms. The van der Waals surface area contributed by atoms with Gasteiger partial charge < -0.3 is 15.3 Å². The third kappa shape index (κ3) is 2.73. The molecule has 1 fully saturated rings. The van der Waals surface area contributed by atoms with Crippen LogP contribution in [0.5, 0.6) is 0 Å². The maximum atomic E-state index is 10.5. The van der Waals surface area contributed by atoms with Crippen LogP contribution in [0.1, 0.15) is 36.1 Å². The summed E-state index contributed by atoms with van der Waals surface area (Å²) in [5.41, 5.74) is 1.43. The third-order valence-electron chi connectivity index (χ3n) is 5.34. The van der Waals surface area contributed by atoms with Crippen LogP contribution in [0.15, 0.2) is 6.33 Å². The Morgan fingerprint density at radius 1 is 1.26 bits per heavy atom. The first-order valence-corrected chi connectivity index (χ1v) is 9.31. The van der Waals surface area contributed by atoms with E-state index in [-0.39, 0.29) is 12.1 Å². The molecule has 0 radical (unpaired) electrons. The van der Waals surface area contributed by atoms with Gasteiger partial charge >= 0.3 is 0 Å². The average Bonchev–Trinajstić information content (AvgIpc) is 3.09. The van der Waals surface area contributed by atoms with E-state index in [1.165, 1.54) is 28.7 Å². The van der Waals surface area contributed by atoms with Crippen LogP contribution in [-0.4, -0.2) is 52.3 Å². The highest BCUT2D eigenvalue weighted by Crippen LogP contribution is 2.39. The van der Waals surface area contributed by atoms with E-state index in [9.17, 15) is 5.11 Å². The summed E-state index contributed by atoms with van der Waals surface area (Å²) in [7, 11) is 4.18. The molecular formula is C17H24N4OS. The quantitative estimate of drug-likeness (QED) is 0.904. The predicted molar refractivity (Wildman–Crippen MR) is 94.2 cm³/mol. The van der Waals surface area contributed by atoms with Crippen molar-refractivity contribution in [2.45, 2.75) is 56.7 Å². The summed E-state index contributed by atoms with van der Waals surface area (Å²) in [4.78, 5) is 13.7. The Hall–Kier alpha value is -1.24. The van der Waals surface area contributed by atoms with Crippen LogP contribution >= 0.6 is 11.3 Å². The van der Waals surface area contributed by atoms with Crippen LogP contribution in [0.3, 0.4) is 0 Å². The number of aryl methyl sites for hydroxylation is 2. The van der Waals surface area contributed by atoms with Gasteiger partial charge in [0.1, 0.15) is 17.0 Å². The van der Waals surface area contributed by atoms with E-state index in [4.69, 9.17) is 0 Å². The van der Waals surface area contributed by atoms with Crippen molar-refractivity contribution in [1.29, 1.82) is 0 Å². The number of hydrogen-bond donors (Lipinski definition) is 2. The number of aliphatic hydroxyl groups excluding tert-OH is 1. The van der Waals surface area contributed by atoms with Gasteiger partial charge in [-0.1, -0.05) is 0 Å². The van der Waals surface area contributed by atoms with Gasteiger partial charge in [-0.25, -0.2) is 9.97 Å². The van der Waals surface area contributed by atoms with E-state index >= 15 is 0 Å². The lowest BCUT2D eigenvalue weighted by atomic mass is 9.88. The van der Waals surface area contributed by atoms with Gasteiger partial charge in [0.25, 0.3) is 0 Å². The van der Waals surface area contributed by atoms with E-state index < -0.39 is 0 Å². The molecule has 6 heteroatoms. The van der Waals surface area contributed by atoms with E-state index in [1.807, 2.05) is 11.3 Å². The summed E-state index contributed by atoms with van der Waals surface area (Å²) in [6, 6.07) is 0.556. The van der Waals surface area contributed by atoms with E-state index in [1.54, 1.807) is 6.33 Å². The molecule has 2 N–H and O–H groups in total. The second-order valence-electron chi connectivity index (χ2n) is 7.01. The maximum absolute atomic E-state index is 10.5. The average molecular weight is 332 g/mol. The van der Waals surface area contributed by atoms with Crippen molar-refractivity contribution in [2.75, 3.05) is 19.4 Å². The Labute approximate surface area is 140 Å². The fourth-order valence-corrected chi connectivity index (χ4v) is 5.21. The van der Waals surface area contributed by atoms with Gasteiger partial charge in [-0.3, -0.25) is 0 Å². The van der Waals surface area contributed by atoms with Gasteiger partial charge in [0.2, 0.25) is 0 Å². The van der Waals surface area contributed by atoms with Crippen LogP contribution in [0.2, 0.25) is 0 Å². The molecule has 2 aliphatic rings. The number of thiophene rings is 1. The predicted octanol–water partition coefficient (Wildman–Crippen LogP) is 2.44. The van der Waals surface area contributed by atoms with Crippen LogP contribution in [-0.2, 0) is 12.8 Å². The molecule has 124 valence electrons. The van der Waals surface area contributed by atoms with Crippen molar-refractivity contribution in [3.05, 3.63) is 16.8 Å². The fraction of sp³-hybridized carbons (Fsp3) is 0.647. The monoisotopic (exact) mass is 332 g/mol. The zero-order valence-electron chi connectivity index (χ0n) is 13.7. The first-order chi connectivity index (χ1) is 11.1. The lowest BCUT2D eigenvalue weighted by molar-refractivity contribution is 0.0710. The van der Waals surface area contributed by atoms with E-state index in [2.05, 4.69) is 34.3 Å². The topological polar surface area (TPSA) is 61.3 Å². The van der Waals surface area contributed by atoms with E-state index in [0.717, 1.165) is 36.3 Å². The molecule has 2 aliphatic carbocycles. The summed E-state index contributed by atoms with van der Waals surface area (Å²) in [6.07, 6.45) is 7.77. The maximum Gasteiger partial charge on any atom is 0.138 e. The lowest BCUT2D eigenvalue weighted by Crippen LogP contribution is -2.45. The molecule has 0 aliphatic heterocycles. The van der Waals surface area contributed by atoms with Crippen molar-refractivity contribution in [1.82, 2.24) is 14.9 Å². The van der Waals surface area contributed by atoms with Crippen LogP contribution in [0.4, 0.5) is 5.82 Å². The molecule has 0 aromatic carbocycles. The Morgan fingerprint density at radius 3 is 2.91 bits per heavy atom. The van der Waals surface area contributed by atoms with Gasteiger partial charge in [0.15, 0.2) is 0 Å². The lowest BCUT2D eigenvalue weighted by Gasteiger charge is -2.36. The summed E-state index contributed by atoms with van der Waals surface area (Å²) in [5.74, 6) is 0.918. The second-order valence-corrected chi connectivity index (χ2v) is 8.09. The number of rotatable bonds is 3. The van der Waals surface area contributed by atoms with Crippen molar-refractivity contribution in [2.24, 2.45) is 0 Å². The van der Waals surface area contributed by atoms with Gasteiger partial charge in [-0.15, -0.1) is 11.3 Å². The molecule has 5 nitrogen and oxygen atoms in total. The van der Waals surface area contributed by atoms with Gasteiger partial charge in [0, 0.05) is 10.9 Å². The van der Waals surface area contributed by atoms with Crippen LogP contribution < -0.4 is 5.32 Å². The fourth-order valence-electron chi connectivity index (χ4n) is 3.98. The molecule has 0 amide bonds. The minimum atomic E-state index is -0.326. The molecular weight excluding hydrogens is 308 g/mol. The molecule has 2 unspecified atom stereocenters. The first-order valence-electron chi connectivity index (χ1n) is 8.49. The molecule has 0 spiro atoms. The smallest absolute Gasteiger partial charge is 0.138 e. The van der Waals surface area contributed by atoms with Crippen molar-refractivity contribution in [3.63, 3.8) is 0 Å². The van der Waals surface area contributed by atoms with E-state index in [0.29, 0.717) is 6.04 Å². The number of nitrogens with zero attached hydrogens (tertiary/aromatic N) is 3. The molecule has 2 heterocycles. The standard InChI is InChI=1S/C17H24N4OS/c1-21(2)10-6-7-12(13(22)8-10)20-16-15-11-4-3-5-14(11)23-17(15)19-9-18-16/h9-10,12-13,22H,3-8H2,1-2H3,(H,18,19,20)/t10-,12?,13?/m1/s1. The highest BCUT2D eigenvalue weighted by atomic mass is 32.1. The van der Waals surface area contributed by atoms with Crippen molar-refractivity contribution < 1.29 is 5.11 Å². The third-order valence-corrected chi connectivity index (χ3v) is 6.54. The number of aliphatic hydroxyl groups is 1. The van der Waals surface area contributed by atoms with Crippen LogP contribution in [0, 0.1) is 0 Å². The Balaban J connectivity index is 1.59. The second kappa shape index (κ2) is 6.00. The molecule has 2 aromatic rings. The largest absolute Gasteiger partial charge is 0.391 e. The molecule has 4 rings (SSSR count). The highest BCUT2D eigenvalue weighted by molar-refractivity contribution is 7.19. The van der Waals surface area contributed by atoms with Crippen LogP contribution in [0.25, 0.3) is 10.2 Å². The molecule has 3 atom stereocenters. The summed E-state index contributed by atoms with van der Waals surface area (Å²) < 4.78 is 0. The Kier molecular flexibility index (Phi) is 3.99. The summed E-state index contributed by atoms with van der Waals surface area (Å²) >= 11 is 1.81. The SMILES string of the molecule is CN(C)[C@@H]1CCC(Nc2ncnc3sc4c(c23)CCC4)C(O)C1. The Morgan fingerprint density at radius 2 is 2.13 bits per heavy atom.